The normalized spacial score (nSPS) is 11.7. The van der Waals surface area contributed by atoms with Gasteiger partial charge in [0, 0.05) is 30.3 Å². The van der Waals surface area contributed by atoms with Crippen LogP contribution in [0.5, 0.6) is 23.0 Å². The summed E-state index contributed by atoms with van der Waals surface area (Å²) in [6.07, 6.45) is 0. The number of carbonyl (C=O) groups is 2. The molecule has 9 nitrogen and oxygen atoms in total. The summed E-state index contributed by atoms with van der Waals surface area (Å²) < 4.78 is 21.4. The number of hydrogen-bond donors (Lipinski definition) is 1. The number of azo groups is 1. The Hall–Kier alpha value is -3.33. The maximum atomic E-state index is 12.8. The number of methoxy groups -OCH3 is 2. The minimum atomic E-state index is -1.39. The monoisotopic (exact) mass is 463 g/mol. The van der Waals surface area contributed by atoms with Gasteiger partial charge in [-0.1, -0.05) is 11.6 Å². The molecule has 0 radical (unpaired) electrons. The van der Waals surface area contributed by atoms with Gasteiger partial charge >= 0.3 is 0 Å². The number of nitrogens with zero attached hydrogens (tertiary/aromatic N) is 2. The molecule has 10 heteroatoms. The highest BCUT2D eigenvalue weighted by Gasteiger charge is 2.25. The number of ketones is 1. The number of nitrogens with one attached hydrogen (secondary N) is 1. The van der Waals surface area contributed by atoms with Crippen molar-refractivity contribution in [2.24, 2.45) is 10.2 Å². The number of ether oxygens (including phenoxy) is 4. The molecule has 0 aliphatic carbocycles. The van der Waals surface area contributed by atoms with Gasteiger partial charge in [-0.3, -0.25) is 9.59 Å². The lowest BCUT2D eigenvalue weighted by Crippen LogP contribution is -2.32. The minimum absolute atomic E-state index is 0.228. The minimum Gasteiger partial charge on any atom is -0.497 e. The molecule has 1 N–H and O–H groups in total. The third kappa shape index (κ3) is 6.58. The molecule has 0 spiro atoms. The molecular formula is C22H26ClN3O6. The molecular weight excluding hydrogens is 438 g/mol. The Morgan fingerprint density at radius 2 is 1.59 bits per heavy atom. The molecule has 32 heavy (non-hydrogen) atoms. The summed E-state index contributed by atoms with van der Waals surface area (Å²) in [6.45, 7) is 5.86. The van der Waals surface area contributed by atoms with Crippen LogP contribution in [0.25, 0.3) is 0 Å². The quantitative estimate of drug-likeness (QED) is 0.377. The Kier molecular flexibility index (Phi) is 9.27. The van der Waals surface area contributed by atoms with Crippen LogP contribution in [-0.2, 0) is 9.59 Å². The third-order valence-corrected chi connectivity index (χ3v) is 4.40. The van der Waals surface area contributed by atoms with Crippen molar-refractivity contribution in [1.82, 2.24) is 0 Å². The number of halogens is 1. The topological polar surface area (TPSA) is 108 Å². The summed E-state index contributed by atoms with van der Waals surface area (Å²) in [6, 6.07) is 6.66. The van der Waals surface area contributed by atoms with Crippen LogP contribution in [0.3, 0.4) is 0 Å². The van der Waals surface area contributed by atoms with Gasteiger partial charge in [0.25, 0.3) is 5.91 Å². The van der Waals surface area contributed by atoms with Crippen molar-refractivity contribution in [3.8, 4) is 23.0 Å². The predicted octanol–water partition coefficient (Wildman–Crippen LogP) is 4.83. The van der Waals surface area contributed by atoms with E-state index in [-0.39, 0.29) is 16.5 Å². The summed E-state index contributed by atoms with van der Waals surface area (Å²) in [7, 11) is 2.87. The molecule has 2 aromatic carbocycles. The van der Waals surface area contributed by atoms with E-state index in [1.165, 1.54) is 27.2 Å². The molecule has 1 unspecified atom stereocenters. The molecule has 172 valence electrons. The molecule has 0 aliphatic rings. The lowest BCUT2D eigenvalue weighted by atomic mass is 10.2. The molecule has 0 heterocycles. The highest BCUT2D eigenvalue weighted by atomic mass is 35.5. The summed E-state index contributed by atoms with van der Waals surface area (Å²) in [5.41, 5.74) is 0.612. The largest absolute Gasteiger partial charge is 0.497 e. The number of Topliss-reactive ketones (excluding diaryl/α,β-unsaturated/α-hetero) is 1. The van der Waals surface area contributed by atoms with Crippen LogP contribution in [0, 0.1) is 0 Å². The Bertz CT molecular complexity index is 972. The first-order chi connectivity index (χ1) is 15.3. The average molecular weight is 464 g/mol. The zero-order chi connectivity index (χ0) is 23.7. The molecule has 0 aliphatic heterocycles. The maximum Gasteiger partial charge on any atom is 0.258 e. The number of rotatable bonds is 11. The molecule has 0 saturated carbocycles. The van der Waals surface area contributed by atoms with Crippen LogP contribution in [0.4, 0.5) is 11.4 Å². The second kappa shape index (κ2) is 11.9. The second-order valence-corrected chi connectivity index (χ2v) is 6.84. The Balaban J connectivity index is 2.32. The lowest BCUT2D eigenvalue weighted by Gasteiger charge is -2.15. The predicted molar refractivity (Wildman–Crippen MR) is 121 cm³/mol. The molecule has 1 amide bonds. The van der Waals surface area contributed by atoms with E-state index in [0.29, 0.717) is 36.1 Å². The average Bonchev–Trinajstić information content (AvgIpc) is 2.73. The van der Waals surface area contributed by atoms with E-state index < -0.39 is 17.7 Å². The molecule has 2 aromatic rings. The molecule has 0 aromatic heterocycles. The fraction of sp³-hybridized carbons (Fsp3) is 0.364. The number of carbonyl (C=O) groups excluding carboxylic acids is 2. The highest BCUT2D eigenvalue weighted by Crippen LogP contribution is 2.37. The number of amides is 1. The van der Waals surface area contributed by atoms with Crippen molar-refractivity contribution in [2.45, 2.75) is 26.8 Å². The van der Waals surface area contributed by atoms with Gasteiger partial charge < -0.3 is 24.3 Å². The summed E-state index contributed by atoms with van der Waals surface area (Å²) in [4.78, 5) is 25.0. The van der Waals surface area contributed by atoms with Crippen LogP contribution < -0.4 is 24.3 Å². The van der Waals surface area contributed by atoms with Gasteiger partial charge in [0.15, 0.2) is 11.5 Å². The van der Waals surface area contributed by atoms with Gasteiger partial charge in [0.1, 0.15) is 17.2 Å². The molecule has 0 fully saturated rings. The zero-order valence-electron chi connectivity index (χ0n) is 18.6. The van der Waals surface area contributed by atoms with Crippen molar-refractivity contribution in [3.63, 3.8) is 0 Å². The first-order valence-electron chi connectivity index (χ1n) is 9.87. The standard InChI is InChI=1S/C22H26ClN3O6/c1-6-31-16-8-14(9-17(10-16)32-7-2)25-26-20(13(3)27)22(28)24-19-12-15(29-4)11-18(23)21(19)30-5/h8-12,20H,6-7H2,1-5H3,(H,24,28). The van der Waals surface area contributed by atoms with Crippen LogP contribution in [0.1, 0.15) is 20.8 Å². The van der Waals surface area contributed by atoms with Crippen molar-refractivity contribution in [3.05, 3.63) is 35.4 Å². The van der Waals surface area contributed by atoms with E-state index in [1.807, 2.05) is 13.8 Å². The van der Waals surface area contributed by atoms with Crippen LogP contribution in [0.2, 0.25) is 5.02 Å². The summed E-state index contributed by atoms with van der Waals surface area (Å²) in [5, 5.41) is 10.9. The summed E-state index contributed by atoms with van der Waals surface area (Å²) >= 11 is 6.17. The molecule has 2 rings (SSSR count). The van der Waals surface area contributed by atoms with Gasteiger partial charge in [0.2, 0.25) is 6.04 Å². The maximum absolute atomic E-state index is 12.8. The second-order valence-electron chi connectivity index (χ2n) is 6.44. The van der Waals surface area contributed by atoms with E-state index >= 15 is 0 Å². The smallest absolute Gasteiger partial charge is 0.258 e. The highest BCUT2D eigenvalue weighted by molar-refractivity contribution is 6.33. The first kappa shape index (κ1) is 24.9. The van der Waals surface area contributed by atoms with Crippen LogP contribution in [0.15, 0.2) is 40.6 Å². The van der Waals surface area contributed by atoms with Gasteiger partial charge in [-0.05, 0) is 20.8 Å². The Morgan fingerprint density at radius 1 is 0.969 bits per heavy atom. The van der Waals surface area contributed by atoms with E-state index in [9.17, 15) is 9.59 Å². The van der Waals surface area contributed by atoms with Crippen LogP contribution >= 0.6 is 11.6 Å². The fourth-order valence-electron chi connectivity index (χ4n) is 2.75. The molecule has 0 bridgehead atoms. The summed E-state index contributed by atoms with van der Waals surface area (Å²) in [5.74, 6) is 0.508. The van der Waals surface area contributed by atoms with E-state index in [0.717, 1.165) is 0 Å². The van der Waals surface area contributed by atoms with Gasteiger partial charge in [-0.15, -0.1) is 0 Å². The molecule has 1 atom stereocenters. The van der Waals surface area contributed by atoms with Crippen molar-refractivity contribution in [2.75, 3.05) is 32.8 Å². The van der Waals surface area contributed by atoms with Gasteiger partial charge in [-0.2, -0.15) is 10.2 Å². The van der Waals surface area contributed by atoms with Crippen molar-refractivity contribution < 1.29 is 28.5 Å². The zero-order valence-corrected chi connectivity index (χ0v) is 19.4. The fourth-order valence-corrected chi connectivity index (χ4v) is 3.03. The SMILES string of the molecule is CCOc1cc(N=NC(C(C)=O)C(=O)Nc2cc(OC)cc(Cl)c2OC)cc(OCC)c1. The van der Waals surface area contributed by atoms with Gasteiger partial charge in [-0.25, -0.2) is 0 Å². The van der Waals surface area contributed by atoms with E-state index in [1.54, 1.807) is 24.3 Å². The van der Waals surface area contributed by atoms with Crippen molar-refractivity contribution in [1.29, 1.82) is 0 Å². The van der Waals surface area contributed by atoms with Crippen LogP contribution in [-0.4, -0.2) is 45.2 Å². The lowest BCUT2D eigenvalue weighted by molar-refractivity contribution is -0.126. The first-order valence-corrected chi connectivity index (χ1v) is 10.2. The van der Waals surface area contributed by atoms with Gasteiger partial charge in [0.05, 0.1) is 43.8 Å². The van der Waals surface area contributed by atoms with Crippen molar-refractivity contribution >= 4 is 34.7 Å². The van der Waals surface area contributed by atoms with E-state index in [4.69, 9.17) is 30.5 Å². The van der Waals surface area contributed by atoms with E-state index in [2.05, 4.69) is 15.5 Å². The third-order valence-electron chi connectivity index (χ3n) is 4.12. The number of hydrogen-bond acceptors (Lipinski definition) is 8. The Morgan fingerprint density at radius 3 is 2.09 bits per heavy atom. The number of benzene rings is 2. The Labute approximate surface area is 191 Å². The molecule has 0 saturated heterocycles. The number of anilines is 1.